The van der Waals surface area contributed by atoms with E-state index in [4.69, 9.17) is 0 Å². The van der Waals surface area contributed by atoms with Gasteiger partial charge in [0, 0.05) is 11.1 Å². The number of benzene rings is 1. The van der Waals surface area contributed by atoms with Crippen LogP contribution < -0.4 is 0 Å². The van der Waals surface area contributed by atoms with Crippen molar-refractivity contribution in [1.82, 2.24) is 10.1 Å². The van der Waals surface area contributed by atoms with Crippen molar-refractivity contribution in [2.45, 2.75) is 13.1 Å². The summed E-state index contributed by atoms with van der Waals surface area (Å²) >= 11 is 0. The molecule has 1 aromatic carbocycles. The van der Waals surface area contributed by atoms with Crippen LogP contribution in [0, 0.1) is 0 Å². The molecule has 0 atom stereocenters. The Labute approximate surface area is 141 Å². The minimum atomic E-state index is -4.71. The standard InChI is InChI=1S/C17H14F3N3O2/c1-3-12(15-21-16(25-23-15)17(18,19)20)10-9-11(2)14(22-24)13-7-5-4-6-8-13/h3-10,24H,1H2,2H3/b11-9+,12-10+,22-14-. The lowest BCUT2D eigenvalue weighted by molar-refractivity contribution is -0.159. The van der Waals surface area contributed by atoms with Gasteiger partial charge in [-0.15, -0.1) is 0 Å². The monoisotopic (exact) mass is 349 g/mol. The average molecular weight is 349 g/mol. The molecule has 25 heavy (non-hydrogen) atoms. The van der Waals surface area contributed by atoms with Gasteiger partial charge in [-0.25, -0.2) is 0 Å². The summed E-state index contributed by atoms with van der Waals surface area (Å²) in [7, 11) is 0. The minimum absolute atomic E-state index is 0.226. The van der Waals surface area contributed by atoms with Crippen molar-refractivity contribution in [1.29, 1.82) is 0 Å². The third kappa shape index (κ3) is 4.43. The van der Waals surface area contributed by atoms with E-state index in [9.17, 15) is 18.4 Å². The van der Waals surface area contributed by atoms with E-state index in [0.717, 1.165) is 0 Å². The maximum absolute atomic E-state index is 12.5. The fourth-order valence-corrected chi connectivity index (χ4v) is 1.94. The molecule has 1 N–H and O–H groups in total. The van der Waals surface area contributed by atoms with Crippen LogP contribution in [0.4, 0.5) is 13.2 Å². The lowest BCUT2D eigenvalue weighted by atomic mass is 10.0. The highest BCUT2D eigenvalue weighted by atomic mass is 19.4. The molecule has 0 saturated heterocycles. The van der Waals surface area contributed by atoms with E-state index in [-0.39, 0.29) is 11.4 Å². The Morgan fingerprint density at radius 1 is 1.24 bits per heavy atom. The van der Waals surface area contributed by atoms with Crippen LogP contribution in [0.3, 0.4) is 0 Å². The fraction of sp³-hybridized carbons (Fsp3) is 0.118. The van der Waals surface area contributed by atoms with E-state index in [0.29, 0.717) is 16.8 Å². The van der Waals surface area contributed by atoms with Crippen LogP contribution in [0.5, 0.6) is 0 Å². The predicted octanol–water partition coefficient (Wildman–Crippen LogP) is 4.48. The molecule has 8 heteroatoms. The van der Waals surface area contributed by atoms with Gasteiger partial charge in [0.25, 0.3) is 0 Å². The Morgan fingerprint density at radius 2 is 1.92 bits per heavy atom. The Morgan fingerprint density at radius 3 is 2.44 bits per heavy atom. The van der Waals surface area contributed by atoms with Crippen LogP contribution in [-0.4, -0.2) is 21.1 Å². The van der Waals surface area contributed by atoms with Gasteiger partial charge in [0.2, 0.25) is 5.82 Å². The van der Waals surface area contributed by atoms with E-state index in [1.54, 1.807) is 37.3 Å². The number of oxime groups is 1. The summed E-state index contributed by atoms with van der Waals surface area (Å²) in [5.41, 5.74) is 1.81. The maximum atomic E-state index is 12.5. The number of nitrogens with zero attached hydrogens (tertiary/aromatic N) is 3. The third-order valence-electron chi connectivity index (χ3n) is 3.18. The van der Waals surface area contributed by atoms with Gasteiger partial charge in [-0.2, -0.15) is 18.2 Å². The van der Waals surface area contributed by atoms with Gasteiger partial charge in [0.1, 0.15) is 5.71 Å². The van der Waals surface area contributed by atoms with Crippen LogP contribution in [0.1, 0.15) is 24.2 Å². The number of aromatic nitrogens is 2. The van der Waals surface area contributed by atoms with Gasteiger partial charge in [-0.3, -0.25) is 0 Å². The first-order valence-corrected chi connectivity index (χ1v) is 7.07. The molecule has 1 heterocycles. The molecule has 0 aliphatic carbocycles. The molecular formula is C17H14F3N3O2. The van der Waals surface area contributed by atoms with Crippen molar-refractivity contribution < 1.29 is 22.9 Å². The molecular weight excluding hydrogens is 335 g/mol. The van der Waals surface area contributed by atoms with Crippen molar-refractivity contribution >= 4 is 11.3 Å². The van der Waals surface area contributed by atoms with Gasteiger partial charge < -0.3 is 9.73 Å². The van der Waals surface area contributed by atoms with E-state index >= 15 is 0 Å². The van der Waals surface area contributed by atoms with Gasteiger partial charge >= 0.3 is 12.1 Å². The molecule has 0 aliphatic heterocycles. The van der Waals surface area contributed by atoms with Crippen LogP contribution in [0.25, 0.3) is 5.57 Å². The molecule has 0 fully saturated rings. The van der Waals surface area contributed by atoms with Gasteiger partial charge in [0.05, 0.1) is 0 Å². The van der Waals surface area contributed by atoms with Crippen molar-refractivity contribution in [3.05, 3.63) is 78.0 Å². The van der Waals surface area contributed by atoms with Crippen molar-refractivity contribution in [2.24, 2.45) is 5.16 Å². The van der Waals surface area contributed by atoms with E-state index in [1.807, 2.05) is 6.07 Å². The first-order chi connectivity index (χ1) is 11.9. The average Bonchev–Trinajstić information content (AvgIpc) is 3.07. The topological polar surface area (TPSA) is 71.5 Å². The summed E-state index contributed by atoms with van der Waals surface area (Å²) < 4.78 is 41.8. The van der Waals surface area contributed by atoms with Crippen LogP contribution in [0.15, 0.2) is 70.4 Å². The van der Waals surface area contributed by atoms with Crippen molar-refractivity contribution in [3.63, 3.8) is 0 Å². The second kappa shape index (κ2) is 7.61. The van der Waals surface area contributed by atoms with E-state index < -0.39 is 12.1 Å². The van der Waals surface area contributed by atoms with Gasteiger partial charge in [0.15, 0.2) is 0 Å². The molecule has 0 saturated carbocycles. The highest BCUT2D eigenvalue weighted by Crippen LogP contribution is 2.28. The lowest BCUT2D eigenvalue weighted by Crippen LogP contribution is -2.05. The van der Waals surface area contributed by atoms with Crippen molar-refractivity contribution in [2.75, 3.05) is 0 Å². The SMILES string of the molecule is C=C\C(=C/C=C(C)/C(=N/O)c1ccccc1)c1noc(C(F)(F)F)n1. The highest BCUT2D eigenvalue weighted by molar-refractivity contribution is 6.12. The zero-order chi connectivity index (χ0) is 18.4. The summed E-state index contributed by atoms with van der Waals surface area (Å²) in [5.74, 6) is -1.67. The second-order valence-corrected chi connectivity index (χ2v) is 4.91. The molecule has 0 spiro atoms. The molecule has 0 unspecified atom stereocenters. The predicted molar refractivity (Wildman–Crippen MR) is 86.0 cm³/mol. The molecule has 2 aromatic rings. The molecule has 5 nitrogen and oxygen atoms in total. The molecule has 0 amide bonds. The largest absolute Gasteiger partial charge is 0.471 e. The Balaban J connectivity index is 2.31. The van der Waals surface area contributed by atoms with Crippen LogP contribution in [-0.2, 0) is 6.18 Å². The van der Waals surface area contributed by atoms with Gasteiger partial charge in [-0.05, 0) is 12.5 Å². The molecule has 2 rings (SSSR count). The third-order valence-corrected chi connectivity index (χ3v) is 3.18. The Hall–Kier alpha value is -3.16. The quantitative estimate of drug-likeness (QED) is 0.374. The second-order valence-electron chi connectivity index (χ2n) is 4.91. The van der Waals surface area contributed by atoms with Crippen LogP contribution >= 0.6 is 0 Å². The molecule has 0 radical (unpaired) electrons. The lowest BCUT2D eigenvalue weighted by Gasteiger charge is -2.04. The molecule has 1 aromatic heterocycles. The number of hydrogen-bond acceptors (Lipinski definition) is 5. The minimum Gasteiger partial charge on any atom is -0.410 e. The number of alkyl halides is 3. The van der Waals surface area contributed by atoms with E-state index in [1.165, 1.54) is 12.2 Å². The zero-order valence-electron chi connectivity index (χ0n) is 13.2. The van der Waals surface area contributed by atoms with Crippen LogP contribution in [0.2, 0.25) is 0 Å². The smallest absolute Gasteiger partial charge is 0.410 e. The summed E-state index contributed by atoms with van der Waals surface area (Å²) in [6.07, 6.45) is -0.398. The Kier molecular flexibility index (Phi) is 5.53. The number of hydrogen-bond donors (Lipinski definition) is 1. The first-order valence-electron chi connectivity index (χ1n) is 7.07. The van der Waals surface area contributed by atoms with Crippen molar-refractivity contribution in [3.8, 4) is 0 Å². The maximum Gasteiger partial charge on any atom is 0.471 e. The summed E-state index contributed by atoms with van der Waals surface area (Å²) in [6.45, 7) is 5.22. The Bertz CT molecular complexity index is 834. The fourth-order valence-electron chi connectivity index (χ4n) is 1.94. The van der Waals surface area contributed by atoms with E-state index in [2.05, 4.69) is 26.4 Å². The molecule has 0 aliphatic rings. The number of rotatable bonds is 5. The number of halogens is 3. The first kappa shape index (κ1) is 18.2. The van der Waals surface area contributed by atoms with Gasteiger partial charge in [-0.1, -0.05) is 65.5 Å². The summed E-state index contributed by atoms with van der Waals surface area (Å²) in [4.78, 5) is 3.30. The summed E-state index contributed by atoms with van der Waals surface area (Å²) in [6, 6.07) is 8.92. The summed E-state index contributed by atoms with van der Waals surface area (Å²) in [5, 5.41) is 15.8. The number of allylic oxidation sites excluding steroid dienone is 5. The zero-order valence-corrected chi connectivity index (χ0v) is 13.2. The molecule has 0 bridgehead atoms. The normalized spacial score (nSPS) is 13.8. The highest BCUT2D eigenvalue weighted by Gasteiger charge is 2.38. The molecule has 130 valence electrons.